The molecule has 1 aromatic heterocycles. The largest absolute Gasteiger partial charge is 0.496 e. The Bertz CT molecular complexity index is 626. The minimum atomic E-state index is -4.46. The van der Waals surface area contributed by atoms with Crippen LogP contribution < -0.4 is 4.74 Å². The molecule has 118 valence electrons. The summed E-state index contributed by atoms with van der Waals surface area (Å²) in [5.41, 5.74) is 0.780. The zero-order valence-corrected chi connectivity index (χ0v) is 12.6. The van der Waals surface area contributed by atoms with Crippen LogP contribution in [0.3, 0.4) is 0 Å². The van der Waals surface area contributed by atoms with Gasteiger partial charge >= 0.3 is 6.18 Å². The normalized spacial score (nSPS) is 11.3. The number of ether oxygens (including phenoxy) is 1. The van der Waals surface area contributed by atoms with Crippen LogP contribution >= 0.6 is 11.3 Å². The highest BCUT2D eigenvalue weighted by molar-refractivity contribution is 7.07. The first-order valence-corrected chi connectivity index (χ1v) is 7.35. The maximum atomic E-state index is 12.8. The quantitative estimate of drug-likeness (QED) is 0.831. The summed E-state index contributed by atoms with van der Waals surface area (Å²) in [5.74, 6) is -0.453. The van der Waals surface area contributed by atoms with E-state index in [0.717, 1.165) is 4.90 Å². The molecule has 0 aliphatic carbocycles. The molecular formula is C15H14F3NO2S. The number of rotatable bonds is 5. The van der Waals surface area contributed by atoms with Gasteiger partial charge < -0.3 is 9.64 Å². The van der Waals surface area contributed by atoms with Gasteiger partial charge in [0.1, 0.15) is 12.3 Å². The molecule has 1 amide bonds. The summed E-state index contributed by atoms with van der Waals surface area (Å²) in [6.45, 7) is -1.40. The van der Waals surface area contributed by atoms with Gasteiger partial charge in [-0.05, 0) is 34.5 Å². The Labute approximate surface area is 129 Å². The molecule has 0 fully saturated rings. The molecule has 2 aromatic rings. The molecule has 0 saturated heterocycles. The molecule has 1 heterocycles. The fraction of sp³-hybridized carbons (Fsp3) is 0.267. The second kappa shape index (κ2) is 6.83. The number of carbonyl (C=O) groups excluding carboxylic acids is 1. The van der Waals surface area contributed by atoms with E-state index in [0.29, 0.717) is 5.56 Å². The highest BCUT2D eigenvalue weighted by atomic mass is 32.1. The van der Waals surface area contributed by atoms with Crippen molar-refractivity contribution >= 4 is 17.2 Å². The van der Waals surface area contributed by atoms with Crippen molar-refractivity contribution in [2.24, 2.45) is 0 Å². The van der Waals surface area contributed by atoms with Crippen LogP contribution in [0.15, 0.2) is 41.1 Å². The Kier molecular flexibility index (Phi) is 5.07. The number of para-hydroxylation sites is 1. The van der Waals surface area contributed by atoms with Crippen LogP contribution in [-0.2, 0) is 6.54 Å². The van der Waals surface area contributed by atoms with Gasteiger partial charge in [0.15, 0.2) is 0 Å². The molecular weight excluding hydrogens is 315 g/mol. The molecule has 0 spiro atoms. The van der Waals surface area contributed by atoms with Crippen molar-refractivity contribution in [2.45, 2.75) is 12.7 Å². The van der Waals surface area contributed by atoms with Crippen molar-refractivity contribution < 1.29 is 22.7 Å². The van der Waals surface area contributed by atoms with Gasteiger partial charge in [0.2, 0.25) is 0 Å². The van der Waals surface area contributed by atoms with Crippen LogP contribution in [0.25, 0.3) is 0 Å². The van der Waals surface area contributed by atoms with Crippen molar-refractivity contribution in [3.63, 3.8) is 0 Å². The molecule has 0 N–H and O–H groups in total. The van der Waals surface area contributed by atoms with Crippen molar-refractivity contribution in [3.8, 4) is 5.75 Å². The first-order valence-electron chi connectivity index (χ1n) is 6.41. The summed E-state index contributed by atoms with van der Waals surface area (Å²) in [6.07, 6.45) is -4.46. The second-order valence-corrected chi connectivity index (χ2v) is 5.39. The van der Waals surface area contributed by atoms with Crippen LogP contribution in [0.5, 0.6) is 5.75 Å². The maximum Gasteiger partial charge on any atom is 0.406 e. The minimum absolute atomic E-state index is 0.0973. The lowest BCUT2D eigenvalue weighted by molar-refractivity contribution is -0.141. The lowest BCUT2D eigenvalue weighted by Gasteiger charge is -2.24. The summed E-state index contributed by atoms with van der Waals surface area (Å²) in [6, 6.07) is 7.94. The van der Waals surface area contributed by atoms with E-state index in [1.807, 2.05) is 0 Å². The topological polar surface area (TPSA) is 29.5 Å². The van der Waals surface area contributed by atoms with Crippen LogP contribution in [0.2, 0.25) is 0 Å². The minimum Gasteiger partial charge on any atom is -0.496 e. The summed E-state index contributed by atoms with van der Waals surface area (Å²) in [4.78, 5) is 13.3. The molecule has 0 radical (unpaired) electrons. The molecule has 22 heavy (non-hydrogen) atoms. The molecule has 1 aromatic carbocycles. The maximum absolute atomic E-state index is 12.8. The van der Waals surface area contributed by atoms with E-state index >= 15 is 0 Å². The standard InChI is InChI=1S/C15H14F3NO2S/c1-21-13-5-3-2-4-12(13)14(20)19(10-15(16,17)18)8-11-6-7-22-9-11/h2-7,9H,8,10H2,1H3. The highest BCUT2D eigenvalue weighted by Gasteiger charge is 2.34. The third kappa shape index (κ3) is 4.24. The van der Waals surface area contributed by atoms with Gasteiger partial charge in [-0.15, -0.1) is 0 Å². The van der Waals surface area contributed by atoms with E-state index in [-0.39, 0.29) is 17.9 Å². The summed E-state index contributed by atoms with van der Waals surface area (Å²) in [7, 11) is 1.37. The zero-order chi connectivity index (χ0) is 16.2. The lowest BCUT2D eigenvalue weighted by Crippen LogP contribution is -2.38. The van der Waals surface area contributed by atoms with Crippen LogP contribution in [0, 0.1) is 0 Å². The van der Waals surface area contributed by atoms with E-state index < -0.39 is 18.6 Å². The van der Waals surface area contributed by atoms with E-state index in [2.05, 4.69) is 0 Å². The van der Waals surface area contributed by atoms with E-state index in [1.165, 1.54) is 24.5 Å². The molecule has 0 aliphatic heterocycles. The van der Waals surface area contributed by atoms with Gasteiger partial charge in [-0.2, -0.15) is 24.5 Å². The fourth-order valence-electron chi connectivity index (χ4n) is 2.01. The number of nitrogens with zero attached hydrogens (tertiary/aromatic N) is 1. The number of hydrogen-bond donors (Lipinski definition) is 0. The molecule has 0 bridgehead atoms. The highest BCUT2D eigenvalue weighted by Crippen LogP contribution is 2.24. The average Bonchev–Trinajstić information content (AvgIpc) is 2.97. The second-order valence-electron chi connectivity index (χ2n) is 4.61. The van der Waals surface area contributed by atoms with Crippen molar-refractivity contribution in [2.75, 3.05) is 13.7 Å². The van der Waals surface area contributed by atoms with Crippen LogP contribution in [0.4, 0.5) is 13.2 Å². The molecule has 0 aliphatic rings. The number of benzene rings is 1. The Hall–Kier alpha value is -2.02. The van der Waals surface area contributed by atoms with Crippen LogP contribution in [0.1, 0.15) is 15.9 Å². The Morgan fingerprint density at radius 2 is 2.00 bits per heavy atom. The van der Waals surface area contributed by atoms with E-state index in [1.54, 1.807) is 35.0 Å². The number of methoxy groups -OCH3 is 1. The molecule has 3 nitrogen and oxygen atoms in total. The molecule has 7 heteroatoms. The van der Waals surface area contributed by atoms with Gasteiger partial charge in [-0.1, -0.05) is 12.1 Å². The molecule has 0 saturated carbocycles. The Morgan fingerprint density at radius 1 is 1.27 bits per heavy atom. The molecule has 0 unspecified atom stereocenters. The van der Waals surface area contributed by atoms with E-state index in [4.69, 9.17) is 4.74 Å². The number of alkyl halides is 3. The Balaban J connectivity index is 2.29. The lowest BCUT2D eigenvalue weighted by atomic mass is 10.1. The van der Waals surface area contributed by atoms with Gasteiger partial charge in [0.05, 0.1) is 12.7 Å². The summed E-state index contributed by atoms with van der Waals surface area (Å²) >= 11 is 1.37. The number of hydrogen-bond acceptors (Lipinski definition) is 3. The molecule has 2 rings (SSSR count). The first-order chi connectivity index (χ1) is 10.4. The predicted molar refractivity (Wildman–Crippen MR) is 78.1 cm³/mol. The fourth-order valence-corrected chi connectivity index (χ4v) is 2.67. The SMILES string of the molecule is COc1ccccc1C(=O)N(Cc1ccsc1)CC(F)(F)F. The summed E-state index contributed by atoms with van der Waals surface area (Å²) in [5, 5.41) is 3.48. The summed E-state index contributed by atoms with van der Waals surface area (Å²) < 4.78 is 43.4. The third-order valence-electron chi connectivity index (χ3n) is 2.95. The molecule has 0 atom stereocenters. The van der Waals surface area contributed by atoms with Crippen molar-refractivity contribution in [1.29, 1.82) is 0 Å². The monoisotopic (exact) mass is 329 g/mol. The van der Waals surface area contributed by atoms with Gasteiger partial charge in [-0.3, -0.25) is 4.79 Å². The number of thiophene rings is 1. The van der Waals surface area contributed by atoms with Crippen molar-refractivity contribution in [3.05, 3.63) is 52.2 Å². The number of halogens is 3. The first kappa shape index (κ1) is 16.4. The van der Waals surface area contributed by atoms with Gasteiger partial charge in [-0.25, -0.2) is 0 Å². The van der Waals surface area contributed by atoms with Crippen molar-refractivity contribution in [1.82, 2.24) is 4.90 Å². The smallest absolute Gasteiger partial charge is 0.406 e. The van der Waals surface area contributed by atoms with Gasteiger partial charge in [0, 0.05) is 6.54 Å². The third-order valence-corrected chi connectivity index (χ3v) is 3.68. The predicted octanol–water partition coefficient (Wildman–Crippen LogP) is 3.96. The average molecular weight is 329 g/mol. The van der Waals surface area contributed by atoms with Crippen LogP contribution in [-0.4, -0.2) is 30.6 Å². The Morgan fingerprint density at radius 3 is 2.59 bits per heavy atom. The van der Waals surface area contributed by atoms with Gasteiger partial charge in [0.25, 0.3) is 5.91 Å². The zero-order valence-electron chi connectivity index (χ0n) is 11.8. The van der Waals surface area contributed by atoms with E-state index in [9.17, 15) is 18.0 Å². The number of amides is 1. The number of carbonyl (C=O) groups is 1.